The summed E-state index contributed by atoms with van der Waals surface area (Å²) < 4.78 is 5.57. The van der Waals surface area contributed by atoms with Crippen LogP contribution in [0.2, 0.25) is 0 Å². The summed E-state index contributed by atoms with van der Waals surface area (Å²) in [5.74, 6) is 0.0990. The van der Waals surface area contributed by atoms with Gasteiger partial charge in [0.2, 0.25) is 0 Å². The zero-order valence-corrected chi connectivity index (χ0v) is 8.98. The number of nitrogens with zero attached hydrogens (tertiary/aromatic N) is 1. The van der Waals surface area contributed by atoms with Gasteiger partial charge in [0.15, 0.2) is 0 Å². The molecule has 0 bridgehead atoms. The van der Waals surface area contributed by atoms with Crippen LogP contribution in [0.4, 0.5) is 0 Å². The SMILES string of the molecule is NC(=O)c1cc(OCC2CCCN2)ccn1. The van der Waals surface area contributed by atoms with Crippen LogP contribution in [-0.2, 0) is 0 Å². The van der Waals surface area contributed by atoms with Crippen LogP contribution in [0.15, 0.2) is 18.3 Å². The quantitative estimate of drug-likeness (QED) is 0.767. The molecule has 1 aliphatic heterocycles. The van der Waals surface area contributed by atoms with E-state index in [0.717, 1.165) is 13.0 Å². The third-order valence-electron chi connectivity index (χ3n) is 2.60. The minimum Gasteiger partial charge on any atom is -0.492 e. The van der Waals surface area contributed by atoms with Crippen molar-refractivity contribution in [1.29, 1.82) is 0 Å². The van der Waals surface area contributed by atoms with Crippen molar-refractivity contribution in [2.24, 2.45) is 5.73 Å². The molecule has 0 saturated carbocycles. The number of amides is 1. The predicted octanol–water partition coefficient (Wildman–Crippen LogP) is 0.311. The number of carbonyl (C=O) groups excluding carboxylic acids is 1. The fraction of sp³-hybridized carbons (Fsp3) is 0.455. The number of hydrogen-bond acceptors (Lipinski definition) is 4. The Hall–Kier alpha value is -1.62. The van der Waals surface area contributed by atoms with Crippen LogP contribution in [0.3, 0.4) is 0 Å². The average molecular weight is 221 g/mol. The van der Waals surface area contributed by atoms with Crippen molar-refractivity contribution in [3.8, 4) is 5.75 Å². The Kier molecular flexibility index (Phi) is 3.36. The lowest BCUT2D eigenvalue weighted by atomic mass is 10.2. The molecule has 1 saturated heterocycles. The van der Waals surface area contributed by atoms with Gasteiger partial charge >= 0.3 is 0 Å². The predicted molar refractivity (Wildman–Crippen MR) is 59.3 cm³/mol. The van der Waals surface area contributed by atoms with Crippen LogP contribution in [0.5, 0.6) is 5.75 Å². The molecule has 5 nitrogen and oxygen atoms in total. The van der Waals surface area contributed by atoms with Crippen molar-refractivity contribution in [2.75, 3.05) is 13.2 Å². The number of rotatable bonds is 4. The third-order valence-corrected chi connectivity index (χ3v) is 2.60. The monoisotopic (exact) mass is 221 g/mol. The van der Waals surface area contributed by atoms with E-state index in [1.54, 1.807) is 12.1 Å². The first-order chi connectivity index (χ1) is 7.75. The first kappa shape index (κ1) is 10.9. The van der Waals surface area contributed by atoms with Gasteiger partial charge in [-0.25, -0.2) is 0 Å². The summed E-state index contributed by atoms with van der Waals surface area (Å²) in [7, 11) is 0. The molecule has 2 rings (SSSR count). The summed E-state index contributed by atoms with van der Waals surface area (Å²) in [5, 5.41) is 3.33. The van der Waals surface area contributed by atoms with Crippen LogP contribution in [0.1, 0.15) is 23.3 Å². The second kappa shape index (κ2) is 4.94. The number of primary amides is 1. The molecule has 1 amide bonds. The number of ether oxygens (including phenoxy) is 1. The van der Waals surface area contributed by atoms with E-state index in [4.69, 9.17) is 10.5 Å². The summed E-state index contributed by atoms with van der Waals surface area (Å²) in [4.78, 5) is 14.8. The van der Waals surface area contributed by atoms with Crippen molar-refractivity contribution in [3.05, 3.63) is 24.0 Å². The zero-order chi connectivity index (χ0) is 11.4. The van der Waals surface area contributed by atoms with Gasteiger partial charge in [0.25, 0.3) is 5.91 Å². The molecule has 0 aliphatic carbocycles. The number of aromatic nitrogens is 1. The molecule has 16 heavy (non-hydrogen) atoms. The van der Waals surface area contributed by atoms with Crippen molar-refractivity contribution in [1.82, 2.24) is 10.3 Å². The van der Waals surface area contributed by atoms with Gasteiger partial charge in [-0.05, 0) is 25.5 Å². The van der Waals surface area contributed by atoms with E-state index < -0.39 is 5.91 Å². The normalized spacial score (nSPS) is 19.6. The minimum atomic E-state index is -0.538. The fourth-order valence-electron chi connectivity index (χ4n) is 1.73. The maximum absolute atomic E-state index is 10.9. The Morgan fingerprint density at radius 1 is 1.69 bits per heavy atom. The summed E-state index contributed by atoms with van der Waals surface area (Å²) in [5.41, 5.74) is 5.36. The van der Waals surface area contributed by atoms with Gasteiger partial charge in [-0.1, -0.05) is 0 Å². The van der Waals surface area contributed by atoms with Crippen LogP contribution in [0, 0.1) is 0 Å². The lowest BCUT2D eigenvalue weighted by molar-refractivity contribution is 0.0995. The van der Waals surface area contributed by atoms with E-state index in [1.807, 2.05) is 0 Å². The highest BCUT2D eigenvalue weighted by Crippen LogP contribution is 2.13. The molecule has 1 aromatic rings. The Bertz CT molecular complexity index is 375. The van der Waals surface area contributed by atoms with E-state index in [-0.39, 0.29) is 5.69 Å². The fourth-order valence-corrected chi connectivity index (χ4v) is 1.73. The molecule has 1 aliphatic rings. The van der Waals surface area contributed by atoms with Crippen molar-refractivity contribution >= 4 is 5.91 Å². The maximum atomic E-state index is 10.9. The topological polar surface area (TPSA) is 77.2 Å². The lowest BCUT2D eigenvalue weighted by Crippen LogP contribution is -2.28. The summed E-state index contributed by atoms with van der Waals surface area (Å²) in [6.45, 7) is 1.67. The Balaban J connectivity index is 1.93. The molecule has 1 aromatic heterocycles. The molecule has 1 unspecified atom stereocenters. The highest BCUT2D eigenvalue weighted by molar-refractivity contribution is 5.91. The number of pyridine rings is 1. The Morgan fingerprint density at radius 2 is 2.56 bits per heavy atom. The molecule has 1 atom stereocenters. The smallest absolute Gasteiger partial charge is 0.267 e. The van der Waals surface area contributed by atoms with Gasteiger partial charge in [-0.3, -0.25) is 9.78 Å². The maximum Gasteiger partial charge on any atom is 0.267 e. The van der Waals surface area contributed by atoms with Gasteiger partial charge in [0.05, 0.1) is 0 Å². The highest BCUT2D eigenvalue weighted by atomic mass is 16.5. The summed E-state index contributed by atoms with van der Waals surface area (Å²) in [6, 6.07) is 3.70. The van der Waals surface area contributed by atoms with E-state index in [2.05, 4.69) is 10.3 Å². The van der Waals surface area contributed by atoms with Gasteiger partial charge in [0.1, 0.15) is 18.1 Å². The molecular weight excluding hydrogens is 206 g/mol. The molecular formula is C11H15N3O2. The standard InChI is InChI=1S/C11H15N3O2/c12-11(15)10-6-9(3-5-14-10)16-7-8-2-1-4-13-8/h3,5-6,8,13H,1-2,4,7H2,(H2,12,15). The van der Waals surface area contributed by atoms with Gasteiger partial charge in [-0.2, -0.15) is 0 Å². The number of nitrogens with two attached hydrogens (primary N) is 1. The molecule has 5 heteroatoms. The van der Waals surface area contributed by atoms with Crippen LogP contribution in [0.25, 0.3) is 0 Å². The lowest BCUT2D eigenvalue weighted by Gasteiger charge is -2.12. The van der Waals surface area contributed by atoms with Gasteiger partial charge in [0, 0.05) is 18.3 Å². The molecule has 0 spiro atoms. The average Bonchev–Trinajstić information content (AvgIpc) is 2.79. The second-order valence-electron chi connectivity index (χ2n) is 3.85. The van der Waals surface area contributed by atoms with Crippen molar-refractivity contribution in [2.45, 2.75) is 18.9 Å². The molecule has 86 valence electrons. The number of carbonyl (C=O) groups is 1. The number of nitrogens with one attached hydrogen (secondary N) is 1. The summed E-state index contributed by atoms with van der Waals surface area (Å²) >= 11 is 0. The molecule has 3 N–H and O–H groups in total. The van der Waals surface area contributed by atoms with Crippen molar-refractivity contribution < 1.29 is 9.53 Å². The largest absolute Gasteiger partial charge is 0.492 e. The van der Waals surface area contributed by atoms with E-state index in [0.29, 0.717) is 18.4 Å². The van der Waals surface area contributed by atoms with Crippen LogP contribution < -0.4 is 15.8 Å². The van der Waals surface area contributed by atoms with Gasteiger partial charge in [-0.15, -0.1) is 0 Å². The van der Waals surface area contributed by atoms with Crippen LogP contribution in [-0.4, -0.2) is 30.1 Å². The van der Waals surface area contributed by atoms with E-state index in [9.17, 15) is 4.79 Å². The van der Waals surface area contributed by atoms with Gasteiger partial charge < -0.3 is 15.8 Å². The minimum absolute atomic E-state index is 0.233. The molecule has 1 fully saturated rings. The van der Waals surface area contributed by atoms with E-state index >= 15 is 0 Å². The number of hydrogen-bond donors (Lipinski definition) is 2. The molecule has 0 aromatic carbocycles. The zero-order valence-electron chi connectivity index (χ0n) is 8.98. The first-order valence-corrected chi connectivity index (χ1v) is 5.38. The van der Waals surface area contributed by atoms with Crippen LogP contribution >= 0.6 is 0 Å². The summed E-state index contributed by atoms with van der Waals surface area (Å²) in [6.07, 6.45) is 3.85. The first-order valence-electron chi connectivity index (χ1n) is 5.38. The molecule has 0 radical (unpaired) electrons. The molecule has 2 heterocycles. The highest BCUT2D eigenvalue weighted by Gasteiger charge is 2.14. The third kappa shape index (κ3) is 2.70. The Labute approximate surface area is 94.0 Å². The van der Waals surface area contributed by atoms with Crippen molar-refractivity contribution in [3.63, 3.8) is 0 Å². The second-order valence-corrected chi connectivity index (χ2v) is 3.85. The van der Waals surface area contributed by atoms with E-state index in [1.165, 1.54) is 12.6 Å². The Morgan fingerprint density at radius 3 is 3.25 bits per heavy atom.